The molecule has 0 aliphatic carbocycles. The van der Waals surface area contributed by atoms with Gasteiger partial charge in [0.15, 0.2) is 0 Å². The predicted octanol–water partition coefficient (Wildman–Crippen LogP) is 1.40. The topological polar surface area (TPSA) is 79.2 Å². The van der Waals surface area contributed by atoms with Gasteiger partial charge in [0.25, 0.3) is 0 Å². The highest BCUT2D eigenvalue weighted by atomic mass is 16.6. The van der Waals surface area contributed by atoms with Crippen molar-refractivity contribution in [1.82, 2.24) is 0 Å². The lowest BCUT2D eigenvalue weighted by Gasteiger charge is -2.36. The summed E-state index contributed by atoms with van der Waals surface area (Å²) in [4.78, 5) is 0. The highest BCUT2D eigenvalue weighted by molar-refractivity contribution is 4.87. The molecule has 5 heteroatoms. The van der Waals surface area contributed by atoms with E-state index in [1.54, 1.807) is 0 Å². The molecule has 1 aliphatic heterocycles. The Hall–Kier alpha value is -0.460. The quantitative estimate of drug-likeness (QED) is 0.420. The van der Waals surface area contributed by atoms with Crippen molar-refractivity contribution in [2.75, 3.05) is 19.8 Å². The van der Waals surface area contributed by atoms with E-state index in [2.05, 4.69) is 19.1 Å². The minimum Gasteiger partial charge on any atom is -0.394 e. The van der Waals surface area contributed by atoms with Gasteiger partial charge in [0.05, 0.1) is 13.2 Å². The number of allylic oxidation sites excluding steroid dienone is 2. The van der Waals surface area contributed by atoms with Crippen molar-refractivity contribution in [2.24, 2.45) is 0 Å². The van der Waals surface area contributed by atoms with Crippen LogP contribution in [-0.2, 0) is 9.47 Å². The van der Waals surface area contributed by atoms with Crippen molar-refractivity contribution < 1.29 is 24.8 Å². The van der Waals surface area contributed by atoms with Crippen LogP contribution in [0.4, 0.5) is 0 Å². The smallest absolute Gasteiger partial charge is 0.111 e. The number of rotatable bonds is 10. The van der Waals surface area contributed by atoms with Crippen molar-refractivity contribution in [3.05, 3.63) is 12.2 Å². The fraction of sp³-hybridized carbons (Fsp3) is 0.875. The molecule has 3 N–H and O–H groups in total. The molecule has 0 unspecified atom stereocenters. The Bertz CT molecular complexity index is 282. The average molecular weight is 302 g/mol. The van der Waals surface area contributed by atoms with Crippen molar-refractivity contribution in [3.8, 4) is 0 Å². The van der Waals surface area contributed by atoms with Crippen molar-refractivity contribution >= 4 is 0 Å². The molecule has 4 atom stereocenters. The lowest BCUT2D eigenvalue weighted by Crippen LogP contribution is -2.55. The third-order valence-corrected chi connectivity index (χ3v) is 3.75. The molecule has 0 aromatic heterocycles. The second-order valence-corrected chi connectivity index (χ2v) is 5.55. The molecule has 5 nitrogen and oxygen atoms in total. The normalized spacial score (nSPS) is 30.1. The van der Waals surface area contributed by atoms with E-state index in [4.69, 9.17) is 14.6 Å². The van der Waals surface area contributed by atoms with Gasteiger partial charge < -0.3 is 24.8 Å². The molecule has 0 bridgehead atoms. The third kappa shape index (κ3) is 6.89. The number of hydrogen-bond acceptors (Lipinski definition) is 5. The maximum absolute atomic E-state index is 9.88. The van der Waals surface area contributed by atoms with Crippen molar-refractivity contribution in [1.29, 1.82) is 0 Å². The maximum Gasteiger partial charge on any atom is 0.111 e. The molecule has 1 saturated heterocycles. The summed E-state index contributed by atoms with van der Waals surface area (Å²) in [6.45, 7) is 2.63. The van der Waals surface area contributed by atoms with E-state index in [-0.39, 0.29) is 13.2 Å². The van der Waals surface area contributed by atoms with Gasteiger partial charge in [-0.05, 0) is 25.7 Å². The number of unbranched alkanes of at least 4 members (excludes halogenated alkanes) is 4. The van der Waals surface area contributed by atoms with E-state index < -0.39 is 24.4 Å². The zero-order valence-electron chi connectivity index (χ0n) is 13.0. The standard InChI is InChI=1S/C16H30O5/c1-2-3-4-5-6-7-8-9-10-20-14-12-21-13(11-17)15(18)16(14)19/h6-7,13-19H,2-5,8-12H2,1H3/b7-6+/t13-,14+,15-,16-/m1/s1. The Balaban J connectivity index is 2.07. The average Bonchev–Trinajstić information content (AvgIpc) is 2.50. The first-order chi connectivity index (χ1) is 10.2. The Morgan fingerprint density at radius 2 is 1.81 bits per heavy atom. The molecule has 21 heavy (non-hydrogen) atoms. The lowest BCUT2D eigenvalue weighted by molar-refractivity contribution is -0.208. The van der Waals surface area contributed by atoms with E-state index in [0.29, 0.717) is 6.61 Å². The molecule has 0 radical (unpaired) electrons. The van der Waals surface area contributed by atoms with Gasteiger partial charge in [0.2, 0.25) is 0 Å². The van der Waals surface area contributed by atoms with E-state index in [0.717, 1.165) is 19.3 Å². The van der Waals surface area contributed by atoms with Gasteiger partial charge in [-0.2, -0.15) is 0 Å². The first kappa shape index (κ1) is 18.6. The van der Waals surface area contributed by atoms with Crippen LogP contribution in [0.1, 0.15) is 45.4 Å². The third-order valence-electron chi connectivity index (χ3n) is 3.75. The van der Waals surface area contributed by atoms with Gasteiger partial charge in [-0.3, -0.25) is 0 Å². The van der Waals surface area contributed by atoms with Gasteiger partial charge in [-0.15, -0.1) is 0 Å². The fourth-order valence-corrected chi connectivity index (χ4v) is 2.35. The maximum atomic E-state index is 9.88. The molecule has 0 aromatic carbocycles. The van der Waals surface area contributed by atoms with Gasteiger partial charge >= 0.3 is 0 Å². The molecular formula is C16H30O5. The monoisotopic (exact) mass is 302 g/mol. The zero-order valence-corrected chi connectivity index (χ0v) is 13.0. The molecule has 0 spiro atoms. The first-order valence-electron chi connectivity index (χ1n) is 8.05. The van der Waals surface area contributed by atoms with Gasteiger partial charge in [-0.1, -0.05) is 31.9 Å². The minimum absolute atomic E-state index is 0.205. The molecule has 0 aromatic rings. The number of hydrogen-bond donors (Lipinski definition) is 3. The summed E-state index contributed by atoms with van der Waals surface area (Å²) in [6, 6.07) is 0. The van der Waals surface area contributed by atoms with Crippen LogP contribution in [0, 0.1) is 0 Å². The van der Waals surface area contributed by atoms with E-state index in [1.165, 1.54) is 19.3 Å². The fourth-order valence-electron chi connectivity index (χ4n) is 2.35. The number of ether oxygens (including phenoxy) is 2. The van der Waals surface area contributed by atoms with Crippen LogP contribution in [0.15, 0.2) is 12.2 Å². The highest BCUT2D eigenvalue weighted by Crippen LogP contribution is 2.18. The van der Waals surface area contributed by atoms with Crippen LogP contribution < -0.4 is 0 Å². The Labute approximate surface area is 127 Å². The first-order valence-corrected chi connectivity index (χ1v) is 8.05. The molecule has 1 rings (SSSR count). The van der Waals surface area contributed by atoms with E-state index >= 15 is 0 Å². The molecular weight excluding hydrogens is 272 g/mol. The summed E-state index contributed by atoms with van der Waals surface area (Å²) in [5, 5.41) is 28.6. The van der Waals surface area contributed by atoms with Gasteiger partial charge in [-0.25, -0.2) is 0 Å². The van der Waals surface area contributed by atoms with Crippen LogP contribution in [0.5, 0.6) is 0 Å². The largest absolute Gasteiger partial charge is 0.394 e. The predicted molar refractivity (Wildman–Crippen MR) is 81.1 cm³/mol. The van der Waals surface area contributed by atoms with Crippen molar-refractivity contribution in [2.45, 2.75) is 69.9 Å². The van der Waals surface area contributed by atoms with Crippen LogP contribution >= 0.6 is 0 Å². The Kier molecular flexibility index (Phi) is 9.87. The lowest BCUT2D eigenvalue weighted by atomic mass is 10.0. The Morgan fingerprint density at radius 3 is 2.48 bits per heavy atom. The summed E-state index contributed by atoms with van der Waals surface area (Å²) in [5.74, 6) is 0. The summed E-state index contributed by atoms with van der Waals surface area (Å²) in [5.41, 5.74) is 0. The summed E-state index contributed by atoms with van der Waals surface area (Å²) in [6.07, 6.45) is 7.81. The second-order valence-electron chi connectivity index (χ2n) is 5.55. The van der Waals surface area contributed by atoms with Crippen LogP contribution in [0.3, 0.4) is 0 Å². The molecule has 124 valence electrons. The molecule has 1 aliphatic rings. The van der Waals surface area contributed by atoms with Crippen LogP contribution in [0.25, 0.3) is 0 Å². The minimum atomic E-state index is -1.09. The SMILES string of the molecule is CCCCC/C=C/CCCO[C@H]1CO[C@H](CO)[C@@H](O)[C@@H]1O. The number of aliphatic hydroxyl groups is 3. The van der Waals surface area contributed by atoms with Crippen LogP contribution in [0.2, 0.25) is 0 Å². The molecule has 1 fully saturated rings. The number of aliphatic hydroxyl groups excluding tert-OH is 3. The van der Waals surface area contributed by atoms with Gasteiger partial charge in [0.1, 0.15) is 24.4 Å². The summed E-state index contributed by atoms with van der Waals surface area (Å²) < 4.78 is 10.8. The molecule has 1 heterocycles. The zero-order chi connectivity index (χ0) is 15.5. The second kappa shape index (κ2) is 11.2. The van der Waals surface area contributed by atoms with E-state index in [9.17, 15) is 10.2 Å². The molecule has 0 saturated carbocycles. The molecule has 0 amide bonds. The summed E-state index contributed by atoms with van der Waals surface area (Å²) in [7, 11) is 0. The van der Waals surface area contributed by atoms with Crippen LogP contribution in [-0.4, -0.2) is 59.6 Å². The highest BCUT2D eigenvalue weighted by Gasteiger charge is 2.38. The van der Waals surface area contributed by atoms with E-state index in [1.807, 2.05) is 0 Å². The Morgan fingerprint density at radius 1 is 1.10 bits per heavy atom. The summed E-state index contributed by atoms with van der Waals surface area (Å²) >= 11 is 0. The van der Waals surface area contributed by atoms with Crippen molar-refractivity contribution in [3.63, 3.8) is 0 Å². The van der Waals surface area contributed by atoms with Gasteiger partial charge in [0, 0.05) is 6.61 Å².